The van der Waals surface area contributed by atoms with E-state index in [1.54, 1.807) is 19.9 Å². The topological polar surface area (TPSA) is 54.4 Å². The fraction of sp³-hybridized carbons (Fsp3) is 0.250. The van der Waals surface area contributed by atoms with Gasteiger partial charge in [-0.2, -0.15) is 0 Å². The summed E-state index contributed by atoms with van der Waals surface area (Å²) in [6, 6.07) is 2.95. The maximum absolute atomic E-state index is 11.0. The Morgan fingerprint density at radius 2 is 1.85 bits per heavy atom. The molecule has 0 atom stereocenters. The second-order valence-electron chi connectivity index (χ2n) is 2.79. The van der Waals surface area contributed by atoms with Crippen LogP contribution in [0.2, 0.25) is 0 Å². The highest BCUT2D eigenvalue weighted by atomic mass is 35.7. The van der Waals surface area contributed by atoms with Crippen LogP contribution in [0.3, 0.4) is 0 Å². The van der Waals surface area contributed by atoms with Crippen molar-refractivity contribution in [3.05, 3.63) is 23.3 Å². The van der Waals surface area contributed by atoms with Crippen LogP contribution < -0.4 is 0 Å². The van der Waals surface area contributed by atoms with Gasteiger partial charge in [-0.1, -0.05) is 6.07 Å². The van der Waals surface area contributed by atoms with E-state index in [0.717, 1.165) is 5.56 Å². The van der Waals surface area contributed by atoms with Crippen LogP contribution in [0.15, 0.2) is 17.0 Å². The maximum Gasteiger partial charge on any atom is 0.265 e. The molecule has 0 saturated carbocycles. The summed E-state index contributed by atoms with van der Waals surface area (Å²) >= 11 is 0. The van der Waals surface area contributed by atoms with Gasteiger partial charge in [-0.25, -0.2) is 8.42 Å². The van der Waals surface area contributed by atoms with Gasteiger partial charge < -0.3 is 5.11 Å². The van der Waals surface area contributed by atoms with E-state index in [2.05, 4.69) is 0 Å². The molecular formula is C8H9ClO3S. The van der Waals surface area contributed by atoms with Crippen molar-refractivity contribution >= 4 is 19.7 Å². The van der Waals surface area contributed by atoms with E-state index in [4.69, 9.17) is 10.7 Å². The summed E-state index contributed by atoms with van der Waals surface area (Å²) < 4.78 is 22.1. The minimum Gasteiger partial charge on any atom is -0.507 e. The van der Waals surface area contributed by atoms with Crippen LogP contribution in [-0.2, 0) is 9.05 Å². The summed E-state index contributed by atoms with van der Waals surface area (Å²) in [5, 5.41) is 9.29. The summed E-state index contributed by atoms with van der Waals surface area (Å²) in [6.07, 6.45) is 0. The number of aromatic hydroxyl groups is 1. The third-order valence-corrected chi connectivity index (χ3v) is 3.37. The number of phenols is 1. The van der Waals surface area contributed by atoms with Gasteiger partial charge in [0.25, 0.3) is 9.05 Å². The highest BCUT2D eigenvalue weighted by Crippen LogP contribution is 2.30. The van der Waals surface area contributed by atoms with Crippen molar-refractivity contribution in [3.63, 3.8) is 0 Å². The number of phenolic OH excluding ortho intramolecular Hbond substituents is 1. The monoisotopic (exact) mass is 220 g/mol. The Bertz CT molecular complexity index is 437. The molecule has 0 aliphatic rings. The number of hydrogen-bond donors (Lipinski definition) is 1. The molecular weight excluding hydrogens is 212 g/mol. The summed E-state index contributed by atoms with van der Waals surface area (Å²) in [4.78, 5) is -0.200. The van der Waals surface area contributed by atoms with Crippen molar-refractivity contribution in [2.24, 2.45) is 0 Å². The minimum atomic E-state index is -3.86. The number of aryl methyl sites for hydroxylation is 1. The van der Waals surface area contributed by atoms with Crippen LogP contribution >= 0.6 is 10.7 Å². The smallest absolute Gasteiger partial charge is 0.265 e. The Labute approximate surface area is 81.4 Å². The Morgan fingerprint density at radius 3 is 2.23 bits per heavy atom. The predicted molar refractivity (Wildman–Crippen MR) is 50.6 cm³/mol. The lowest BCUT2D eigenvalue weighted by Crippen LogP contribution is -1.97. The lowest BCUT2D eigenvalue weighted by molar-refractivity contribution is 0.458. The molecule has 1 aromatic carbocycles. The molecule has 0 amide bonds. The molecule has 0 heterocycles. The molecule has 72 valence electrons. The number of halogens is 1. The van der Waals surface area contributed by atoms with Gasteiger partial charge in [-0.05, 0) is 31.0 Å². The standard InChI is InChI=1S/C8H9ClO3S/c1-5-3-4-7(10)8(6(5)2)13(9,11)12/h3-4,10H,1-2H3. The third-order valence-electron chi connectivity index (χ3n) is 1.90. The molecule has 0 saturated heterocycles. The van der Waals surface area contributed by atoms with E-state index < -0.39 is 9.05 Å². The van der Waals surface area contributed by atoms with Crippen LogP contribution in [0.4, 0.5) is 0 Å². The number of hydrogen-bond acceptors (Lipinski definition) is 3. The molecule has 0 spiro atoms. The molecule has 0 aliphatic carbocycles. The average molecular weight is 221 g/mol. The van der Waals surface area contributed by atoms with E-state index in [0.29, 0.717) is 5.56 Å². The van der Waals surface area contributed by atoms with Gasteiger partial charge in [0.15, 0.2) is 0 Å². The van der Waals surface area contributed by atoms with Gasteiger partial charge in [-0.15, -0.1) is 0 Å². The molecule has 0 unspecified atom stereocenters. The highest BCUT2D eigenvalue weighted by Gasteiger charge is 2.19. The molecule has 5 heteroatoms. The largest absolute Gasteiger partial charge is 0.507 e. The van der Waals surface area contributed by atoms with Crippen LogP contribution in [0.1, 0.15) is 11.1 Å². The Morgan fingerprint density at radius 1 is 1.31 bits per heavy atom. The Hall–Kier alpha value is -0.740. The molecule has 0 bridgehead atoms. The SMILES string of the molecule is Cc1ccc(O)c(S(=O)(=O)Cl)c1C. The summed E-state index contributed by atoms with van der Waals surface area (Å²) in [5.41, 5.74) is 1.26. The maximum atomic E-state index is 11.0. The molecule has 0 aromatic heterocycles. The van der Waals surface area contributed by atoms with E-state index in [1.165, 1.54) is 6.07 Å². The van der Waals surface area contributed by atoms with Gasteiger partial charge in [0.05, 0.1) is 0 Å². The molecule has 0 radical (unpaired) electrons. The second-order valence-corrected chi connectivity index (χ2v) is 5.30. The fourth-order valence-electron chi connectivity index (χ4n) is 1.08. The zero-order valence-corrected chi connectivity index (χ0v) is 8.78. The molecule has 3 nitrogen and oxygen atoms in total. The summed E-state index contributed by atoms with van der Waals surface area (Å²) in [7, 11) is 1.29. The highest BCUT2D eigenvalue weighted by molar-refractivity contribution is 8.13. The molecule has 0 fully saturated rings. The molecule has 0 aliphatic heterocycles. The van der Waals surface area contributed by atoms with E-state index >= 15 is 0 Å². The second kappa shape index (κ2) is 3.20. The van der Waals surface area contributed by atoms with Gasteiger partial charge in [0.1, 0.15) is 10.6 Å². The molecule has 1 rings (SSSR count). The average Bonchev–Trinajstić information content (AvgIpc) is 1.95. The van der Waals surface area contributed by atoms with Gasteiger partial charge in [0.2, 0.25) is 0 Å². The molecule has 1 aromatic rings. The number of benzene rings is 1. The normalized spacial score (nSPS) is 11.6. The van der Waals surface area contributed by atoms with E-state index in [1.807, 2.05) is 0 Å². The van der Waals surface area contributed by atoms with Crippen molar-refractivity contribution in [2.45, 2.75) is 18.7 Å². The summed E-state index contributed by atoms with van der Waals surface area (Å²) in [5.74, 6) is -0.307. The van der Waals surface area contributed by atoms with Crippen molar-refractivity contribution in [2.75, 3.05) is 0 Å². The lowest BCUT2D eigenvalue weighted by Gasteiger charge is -2.06. The fourth-order valence-corrected chi connectivity index (χ4v) is 2.51. The van der Waals surface area contributed by atoms with E-state index in [-0.39, 0.29) is 10.6 Å². The van der Waals surface area contributed by atoms with Gasteiger partial charge in [0, 0.05) is 10.7 Å². The predicted octanol–water partition coefficient (Wildman–Crippen LogP) is 1.94. The first-order chi connectivity index (χ1) is 5.84. The van der Waals surface area contributed by atoms with Crippen LogP contribution in [0.5, 0.6) is 5.75 Å². The van der Waals surface area contributed by atoms with Crippen molar-refractivity contribution in [1.82, 2.24) is 0 Å². The molecule has 13 heavy (non-hydrogen) atoms. The lowest BCUT2D eigenvalue weighted by atomic mass is 10.1. The zero-order chi connectivity index (χ0) is 10.2. The Kier molecular flexibility index (Phi) is 2.54. The van der Waals surface area contributed by atoms with Crippen LogP contribution in [0.25, 0.3) is 0 Å². The quantitative estimate of drug-likeness (QED) is 0.736. The molecule has 1 N–H and O–H groups in total. The van der Waals surface area contributed by atoms with Crippen molar-refractivity contribution in [1.29, 1.82) is 0 Å². The third kappa shape index (κ3) is 1.95. The van der Waals surface area contributed by atoms with Gasteiger partial charge >= 0.3 is 0 Å². The summed E-state index contributed by atoms with van der Waals surface area (Å²) in [6.45, 7) is 3.35. The van der Waals surface area contributed by atoms with Crippen LogP contribution in [-0.4, -0.2) is 13.5 Å². The Balaban J connectivity index is 3.62. The first-order valence-corrected chi connectivity index (χ1v) is 5.89. The van der Waals surface area contributed by atoms with E-state index in [9.17, 15) is 13.5 Å². The number of rotatable bonds is 1. The van der Waals surface area contributed by atoms with Crippen molar-refractivity contribution in [3.8, 4) is 5.75 Å². The first kappa shape index (κ1) is 10.3. The minimum absolute atomic E-state index is 0.200. The van der Waals surface area contributed by atoms with Gasteiger partial charge in [-0.3, -0.25) is 0 Å². The van der Waals surface area contributed by atoms with Crippen molar-refractivity contribution < 1.29 is 13.5 Å². The zero-order valence-electron chi connectivity index (χ0n) is 7.20. The first-order valence-electron chi connectivity index (χ1n) is 3.58. The van der Waals surface area contributed by atoms with Crippen LogP contribution in [0, 0.1) is 13.8 Å².